The summed E-state index contributed by atoms with van der Waals surface area (Å²) in [5, 5.41) is 9.42. The van der Waals surface area contributed by atoms with Gasteiger partial charge in [0.2, 0.25) is 0 Å². The van der Waals surface area contributed by atoms with Gasteiger partial charge in [0.1, 0.15) is 17.5 Å². The number of likely N-dealkylation sites (tertiary alicyclic amines) is 1. The first-order valence-corrected chi connectivity index (χ1v) is 11.7. The number of anilines is 1. The summed E-state index contributed by atoms with van der Waals surface area (Å²) >= 11 is 0. The van der Waals surface area contributed by atoms with Crippen LogP contribution in [0.5, 0.6) is 0 Å². The molecule has 7 nitrogen and oxygen atoms in total. The van der Waals surface area contributed by atoms with Gasteiger partial charge in [-0.1, -0.05) is 36.4 Å². The Bertz CT molecular complexity index is 984. The zero-order valence-corrected chi connectivity index (χ0v) is 18.8. The Kier molecular flexibility index (Phi) is 6.46. The number of hydrogen-bond donors (Lipinski definition) is 0. The van der Waals surface area contributed by atoms with Crippen LogP contribution in [0.2, 0.25) is 0 Å². The normalized spacial score (nSPS) is 20.2. The monoisotopic (exact) mass is 432 g/mol. The molecule has 0 radical (unpaired) electrons. The van der Waals surface area contributed by atoms with E-state index in [1.165, 1.54) is 5.56 Å². The molecule has 32 heavy (non-hydrogen) atoms. The molecule has 3 aromatic rings. The summed E-state index contributed by atoms with van der Waals surface area (Å²) in [6, 6.07) is 16.8. The first-order chi connectivity index (χ1) is 15.8. The zero-order valence-electron chi connectivity index (χ0n) is 18.8. The van der Waals surface area contributed by atoms with Crippen molar-refractivity contribution in [3.8, 4) is 0 Å². The van der Waals surface area contributed by atoms with Gasteiger partial charge in [-0.15, -0.1) is 10.2 Å². The number of pyridine rings is 1. The summed E-state index contributed by atoms with van der Waals surface area (Å²) in [6.07, 6.45) is 5.42. The summed E-state index contributed by atoms with van der Waals surface area (Å²) in [4.78, 5) is 9.34. The Morgan fingerprint density at radius 2 is 1.72 bits per heavy atom. The maximum Gasteiger partial charge on any atom is 0.147 e. The van der Waals surface area contributed by atoms with E-state index in [1.807, 2.05) is 19.4 Å². The molecule has 0 aliphatic carbocycles. The summed E-state index contributed by atoms with van der Waals surface area (Å²) in [5.74, 6) is 3.68. The highest BCUT2D eigenvalue weighted by molar-refractivity contribution is 5.38. The van der Waals surface area contributed by atoms with E-state index in [9.17, 15) is 0 Å². The molecule has 0 N–H and O–H groups in total. The number of benzene rings is 1. The molecule has 2 aromatic heterocycles. The predicted octanol–water partition coefficient (Wildman–Crippen LogP) is 3.33. The molecule has 2 saturated heterocycles. The molecule has 5 rings (SSSR count). The van der Waals surface area contributed by atoms with Crippen LogP contribution >= 0.6 is 0 Å². The number of ether oxygens (including phenoxy) is 1. The third kappa shape index (κ3) is 4.69. The molecular weight excluding hydrogens is 400 g/mol. The molecule has 1 atom stereocenters. The lowest BCUT2D eigenvalue weighted by atomic mass is 9.95. The Balaban J connectivity index is 1.34. The van der Waals surface area contributed by atoms with Gasteiger partial charge in [-0.2, -0.15) is 0 Å². The highest BCUT2D eigenvalue weighted by Gasteiger charge is 2.29. The van der Waals surface area contributed by atoms with Gasteiger partial charge in [0, 0.05) is 45.4 Å². The molecule has 2 aliphatic heterocycles. The van der Waals surface area contributed by atoms with Gasteiger partial charge in [-0.25, -0.2) is 4.98 Å². The van der Waals surface area contributed by atoms with Crippen molar-refractivity contribution in [2.24, 2.45) is 0 Å². The SMILES string of the molecule is CO[C@@H]1CCN(Cc2nnc(C3CCN(c4ccccn4)CC3)n2Cc2ccccc2)C1. The van der Waals surface area contributed by atoms with E-state index in [0.717, 1.165) is 76.0 Å². The quantitative estimate of drug-likeness (QED) is 0.571. The lowest BCUT2D eigenvalue weighted by Gasteiger charge is -2.32. The molecule has 1 aromatic carbocycles. The molecule has 168 valence electrons. The fourth-order valence-electron chi connectivity index (χ4n) is 4.95. The zero-order chi connectivity index (χ0) is 21.8. The Labute approximate surface area is 190 Å². The van der Waals surface area contributed by atoms with Crippen LogP contribution in [0.3, 0.4) is 0 Å². The van der Waals surface area contributed by atoms with Gasteiger partial charge in [-0.3, -0.25) is 4.90 Å². The minimum absolute atomic E-state index is 0.330. The average Bonchev–Trinajstić information content (AvgIpc) is 3.48. The molecule has 4 heterocycles. The number of rotatable bonds is 7. The number of nitrogens with zero attached hydrogens (tertiary/aromatic N) is 6. The van der Waals surface area contributed by atoms with Crippen molar-refractivity contribution in [1.82, 2.24) is 24.6 Å². The number of aromatic nitrogens is 4. The minimum atomic E-state index is 0.330. The summed E-state index contributed by atoms with van der Waals surface area (Å²) in [7, 11) is 1.81. The van der Waals surface area contributed by atoms with Crippen molar-refractivity contribution in [2.45, 2.75) is 44.4 Å². The van der Waals surface area contributed by atoms with Gasteiger partial charge in [0.15, 0.2) is 0 Å². The molecule has 0 spiro atoms. The molecule has 7 heteroatoms. The standard InChI is InChI=1S/C25H32N6O/c1-32-22-12-14-29(18-22)19-24-27-28-25(31(24)17-20-7-3-2-4-8-20)21-10-15-30(16-11-21)23-9-5-6-13-26-23/h2-9,13,21-22H,10-12,14-19H2,1H3/t22-/m1/s1. The number of methoxy groups -OCH3 is 1. The lowest BCUT2D eigenvalue weighted by Crippen LogP contribution is -2.34. The Morgan fingerprint density at radius 3 is 2.44 bits per heavy atom. The second-order valence-electron chi connectivity index (χ2n) is 8.88. The van der Waals surface area contributed by atoms with Crippen molar-refractivity contribution < 1.29 is 4.74 Å². The molecule has 2 aliphatic rings. The van der Waals surface area contributed by atoms with Crippen LogP contribution in [0.1, 0.15) is 42.4 Å². The van der Waals surface area contributed by atoms with E-state index < -0.39 is 0 Å². The van der Waals surface area contributed by atoms with E-state index in [2.05, 4.69) is 66.9 Å². The molecule has 0 unspecified atom stereocenters. The van der Waals surface area contributed by atoms with Crippen LogP contribution in [0.25, 0.3) is 0 Å². The average molecular weight is 433 g/mol. The fourth-order valence-corrected chi connectivity index (χ4v) is 4.95. The Hall–Kier alpha value is -2.77. The summed E-state index contributed by atoms with van der Waals surface area (Å²) in [5.41, 5.74) is 1.29. The minimum Gasteiger partial charge on any atom is -0.380 e. The van der Waals surface area contributed by atoms with Crippen molar-refractivity contribution in [3.63, 3.8) is 0 Å². The van der Waals surface area contributed by atoms with Crippen molar-refractivity contribution in [2.75, 3.05) is 38.2 Å². The molecule has 0 amide bonds. The van der Waals surface area contributed by atoms with E-state index in [1.54, 1.807) is 0 Å². The van der Waals surface area contributed by atoms with Crippen LogP contribution in [-0.4, -0.2) is 64.0 Å². The van der Waals surface area contributed by atoms with E-state index in [-0.39, 0.29) is 0 Å². The second kappa shape index (κ2) is 9.79. The number of piperidine rings is 1. The van der Waals surface area contributed by atoms with Gasteiger partial charge < -0.3 is 14.2 Å². The smallest absolute Gasteiger partial charge is 0.147 e. The van der Waals surface area contributed by atoms with Gasteiger partial charge in [0.05, 0.1) is 19.2 Å². The molecule has 2 fully saturated rings. The first kappa shape index (κ1) is 21.1. The van der Waals surface area contributed by atoms with Crippen LogP contribution < -0.4 is 4.90 Å². The second-order valence-corrected chi connectivity index (χ2v) is 8.88. The van der Waals surface area contributed by atoms with Gasteiger partial charge in [-0.05, 0) is 37.0 Å². The largest absolute Gasteiger partial charge is 0.380 e. The van der Waals surface area contributed by atoms with Gasteiger partial charge >= 0.3 is 0 Å². The maximum absolute atomic E-state index is 5.56. The molecule has 0 bridgehead atoms. The van der Waals surface area contributed by atoms with Crippen LogP contribution in [0.4, 0.5) is 5.82 Å². The van der Waals surface area contributed by atoms with Crippen LogP contribution in [0.15, 0.2) is 54.7 Å². The first-order valence-electron chi connectivity index (χ1n) is 11.7. The third-order valence-electron chi connectivity index (χ3n) is 6.80. The van der Waals surface area contributed by atoms with E-state index in [4.69, 9.17) is 9.84 Å². The highest BCUT2D eigenvalue weighted by Crippen LogP contribution is 2.30. The van der Waals surface area contributed by atoms with Crippen molar-refractivity contribution in [3.05, 3.63) is 71.9 Å². The molecule has 0 saturated carbocycles. The molecular formula is C25H32N6O. The van der Waals surface area contributed by atoms with Crippen LogP contribution in [-0.2, 0) is 17.8 Å². The van der Waals surface area contributed by atoms with Gasteiger partial charge in [0.25, 0.3) is 0 Å². The highest BCUT2D eigenvalue weighted by atomic mass is 16.5. The summed E-state index contributed by atoms with van der Waals surface area (Å²) < 4.78 is 7.93. The van der Waals surface area contributed by atoms with Crippen LogP contribution in [0, 0.1) is 0 Å². The topological polar surface area (TPSA) is 59.3 Å². The van der Waals surface area contributed by atoms with E-state index >= 15 is 0 Å². The third-order valence-corrected chi connectivity index (χ3v) is 6.80. The fraction of sp³-hybridized carbons (Fsp3) is 0.480. The van der Waals surface area contributed by atoms with E-state index in [0.29, 0.717) is 12.0 Å². The van der Waals surface area contributed by atoms with Crippen molar-refractivity contribution >= 4 is 5.82 Å². The maximum atomic E-state index is 5.56. The van der Waals surface area contributed by atoms with Crippen molar-refractivity contribution in [1.29, 1.82) is 0 Å². The number of hydrogen-bond acceptors (Lipinski definition) is 6. The summed E-state index contributed by atoms with van der Waals surface area (Å²) in [6.45, 7) is 5.65. The predicted molar refractivity (Wildman–Crippen MR) is 125 cm³/mol. The lowest BCUT2D eigenvalue weighted by molar-refractivity contribution is 0.107. The Morgan fingerprint density at radius 1 is 0.906 bits per heavy atom.